The van der Waals surface area contributed by atoms with Gasteiger partial charge in [0.1, 0.15) is 5.83 Å². The van der Waals surface area contributed by atoms with E-state index in [1.807, 2.05) is 0 Å². The fourth-order valence-corrected chi connectivity index (χ4v) is 1.74. The van der Waals surface area contributed by atoms with E-state index in [-0.39, 0.29) is 24.0 Å². The zero-order valence-corrected chi connectivity index (χ0v) is 7.44. The second-order valence-electron chi connectivity index (χ2n) is 2.76. The average Bonchev–Trinajstić information content (AvgIpc) is 2.39. The van der Waals surface area contributed by atoms with E-state index in [1.54, 1.807) is 18.4 Å². The number of nitrogens with one attached hydrogen (secondary N) is 1. The quantitative estimate of drug-likeness (QED) is 0.697. The van der Waals surface area contributed by atoms with E-state index < -0.39 is 0 Å². The van der Waals surface area contributed by atoms with Crippen molar-refractivity contribution in [1.82, 2.24) is 5.32 Å². The molecule has 2 aliphatic rings. The summed E-state index contributed by atoms with van der Waals surface area (Å²) in [5.41, 5.74) is 0.774. The predicted octanol–water partition coefficient (Wildman–Crippen LogP) is 2.77. The van der Waals surface area contributed by atoms with E-state index >= 15 is 0 Å². The van der Waals surface area contributed by atoms with Crippen LogP contribution in [0, 0.1) is 0 Å². The summed E-state index contributed by atoms with van der Waals surface area (Å²) in [5, 5.41) is 2.88. The summed E-state index contributed by atoms with van der Waals surface area (Å²) in [7, 11) is 0. The van der Waals surface area contributed by atoms with Crippen LogP contribution in [0.3, 0.4) is 0 Å². The molecule has 0 spiro atoms. The van der Waals surface area contributed by atoms with E-state index in [1.165, 1.54) is 12.2 Å². The summed E-state index contributed by atoms with van der Waals surface area (Å²) in [5.74, 6) is -0.303. The topological polar surface area (TPSA) is 12.0 Å². The lowest BCUT2D eigenvalue weighted by Gasteiger charge is -2.06. The first-order chi connectivity index (χ1) is 6.31. The average molecular weight is 199 g/mol. The van der Waals surface area contributed by atoms with Gasteiger partial charge in [-0.3, -0.25) is 0 Å². The standard InChI is InChI=1S/C9H7F2NS/c10-6-2-1-3-7-8(4-6)12-5-9(7)13-11/h1-5,8,12H. The minimum absolute atomic E-state index is 0.173. The summed E-state index contributed by atoms with van der Waals surface area (Å²) in [6.45, 7) is 0. The minimum Gasteiger partial charge on any atom is -0.379 e. The largest absolute Gasteiger partial charge is 0.379 e. The van der Waals surface area contributed by atoms with Gasteiger partial charge in [-0.05, 0) is 17.7 Å². The third kappa shape index (κ3) is 1.54. The Kier molecular flexibility index (Phi) is 2.22. The van der Waals surface area contributed by atoms with Gasteiger partial charge in [0.15, 0.2) is 0 Å². The molecule has 0 aromatic rings. The zero-order valence-electron chi connectivity index (χ0n) is 6.63. The molecule has 1 aliphatic heterocycles. The van der Waals surface area contributed by atoms with Crippen molar-refractivity contribution in [3.8, 4) is 0 Å². The monoisotopic (exact) mass is 199 g/mol. The maximum absolute atomic E-state index is 12.9. The van der Waals surface area contributed by atoms with Crippen molar-refractivity contribution in [1.29, 1.82) is 0 Å². The number of fused-ring (bicyclic) bond motifs is 1. The lowest BCUT2D eigenvalue weighted by Crippen LogP contribution is -2.17. The van der Waals surface area contributed by atoms with Gasteiger partial charge in [0.2, 0.25) is 0 Å². The number of hydrogen-bond acceptors (Lipinski definition) is 2. The van der Waals surface area contributed by atoms with Gasteiger partial charge in [0.05, 0.1) is 23.1 Å². The summed E-state index contributed by atoms with van der Waals surface area (Å²) in [6, 6.07) is -0.228. The molecular formula is C9H7F2NS. The van der Waals surface area contributed by atoms with Gasteiger partial charge in [-0.1, -0.05) is 12.2 Å². The Morgan fingerprint density at radius 3 is 3.08 bits per heavy atom. The van der Waals surface area contributed by atoms with Crippen LogP contribution in [0.5, 0.6) is 0 Å². The summed E-state index contributed by atoms with van der Waals surface area (Å²) in [6.07, 6.45) is 7.64. The number of allylic oxidation sites excluding steroid dienone is 4. The molecule has 0 aromatic carbocycles. The maximum atomic E-state index is 12.9. The van der Waals surface area contributed by atoms with E-state index in [0.717, 1.165) is 5.57 Å². The number of hydrogen-bond donors (Lipinski definition) is 1. The Labute approximate surface area is 79.2 Å². The van der Waals surface area contributed by atoms with Gasteiger partial charge in [-0.25, -0.2) is 4.39 Å². The van der Waals surface area contributed by atoms with Crippen LogP contribution in [-0.2, 0) is 0 Å². The number of rotatable bonds is 1. The summed E-state index contributed by atoms with van der Waals surface area (Å²) < 4.78 is 25.2. The van der Waals surface area contributed by atoms with Gasteiger partial charge in [0.25, 0.3) is 0 Å². The third-order valence-electron chi connectivity index (χ3n) is 1.95. The molecule has 1 N–H and O–H groups in total. The van der Waals surface area contributed by atoms with Gasteiger partial charge in [0, 0.05) is 6.20 Å². The Morgan fingerprint density at radius 1 is 1.46 bits per heavy atom. The van der Waals surface area contributed by atoms with Crippen molar-refractivity contribution in [3.63, 3.8) is 0 Å². The molecule has 1 aliphatic carbocycles. The molecule has 0 aromatic heterocycles. The van der Waals surface area contributed by atoms with Crippen LogP contribution in [0.25, 0.3) is 0 Å². The fourth-order valence-electron chi connectivity index (χ4n) is 1.34. The van der Waals surface area contributed by atoms with Crippen molar-refractivity contribution in [3.05, 3.63) is 46.8 Å². The molecule has 0 bridgehead atoms. The highest BCUT2D eigenvalue weighted by Gasteiger charge is 2.22. The highest BCUT2D eigenvalue weighted by molar-refractivity contribution is 7.98. The van der Waals surface area contributed by atoms with Crippen molar-refractivity contribution in [2.75, 3.05) is 0 Å². The second-order valence-corrected chi connectivity index (χ2v) is 3.36. The first kappa shape index (κ1) is 8.56. The van der Waals surface area contributed by atoms with Crippen LogP contribution >= 0.6 is 12.1 Å². The van der Waals surface area contributed by atoms with Gasteiger partial charge in [-0.15, -0.1) is 0 Å². The summed E-state index contributed by atoms with van der Waals surface area (Å²) in [4.78, 5) is 0.514. The fraction of sp³-hybridized carbons (Fsp3) is 0.111. The van der Waals surface area contributed by atoms with E-state index in [9.17, 15) is 8.28 Å². The Hall–Kier alpha value is -1.03. The molecule has 1 atom stereocenters. The predicted molar refractivity (Wildman–Crippen MR) is 50.1 cm³/mol. The van der Waals surface area contributed by atoms with Crippen molar-refractivity contribution in [2.45, 2.75) is 6.04 Å². The minimum atomic E-state index is -0.303. The SMILES string of the molecule is FSC1=CNC2C=C(F)C=CC=C12. The zero-order chi connectivity index (χ0) is 9.26. The molecule has 0 saturated carbocycles. The molecule has 4 heteroatoms. The molecule has 13 heavy (non-hydrogen) atoms. The smallest absolute Gasteiger partial charge is 0.121 e. The lowest BCUT2D eigenvalue weighted by molar-refractivity contribution is 0.653. The van der Waals surface area contributed by atoms with Crippen LogP contribution in [0.4, 0.5) is 8.28 Å². The van der Waals surface area contributed by atoms with Crippen LogP contribution in [0.1, 0.15) is 0 Å². The Bertz CT molecular complexity index is 342. The molecule has 1 nitrogen and oxygen atoms in total. The van der Waals surface area contributed by atoms with E-state index in [2.05, 4.69) is 5.32 Å². The lowest BCUT2D eigenvalue weighted by atomic mass is 10.1. The van der Waals surface area contributed by atoms with Crippen molar-refractivity contribution < 1.29 is 8.28 Å². The molecule has 1 unspecified atom stereocenters. The third-order valence-corrected chi connectivity index (χ3v) is 2.47. The van der Waals surface area contributed by atoms with Crippen LogP contribution in [0.15, 0.2) is 46.8 Å². The van der Waals surface area contributed by atoms with E-state index in [0.29, 0.717) is 4.91 Å². The first-order valence-corrected chi connectivity index (χ1v) is 4.53. The summed E-state index contributed by atoms with van der Waals surface area (Å²) >= 11 is 0.173. The van der Waals surface area contributed by atoms with Crippen LogP contribution in [-0.4, -0.2) is 6.04 Å². The second kappa shape index (κ2) is 3.38. The van der Waals surface area contributed by atoms with Crippen LogP contribution in [0.2, 0.25) is 0 Å². The molecule has 0 radical (unpaired) electrons. The molecule has 68 valence electrons. The van der Waals surface area contributed by atoms with Crippen molar-refractivity contribution in [2.24, 2.45) is 0 Å². The molecule has 1 heterocycles. The van der Waals surface area contributed by atoms with Gasteiger partial charge >= 0.3 is 0 Å². The normalized spacial score (nSPS) is 25.4. The molecule has 0 amide bonds. The van der Waals surface area contributed by atoms with Crippen molar-refractivity contribution >= 4 is 12.1 Å². The molecule has 0 saturated heterocycles. The number of halogens is 2. The van der Waals surface area contributed by atoms with E-state index in [4.69, 9.17) is 0 Å². The molecule has 0 fully saturated rings. The van der Waals surface area contributed by atoms with Gasteiger partial charge < -0.3 is 5.32 Å². The highest BCUT2D eigenvalue weighted by Crippen LogP contribution is 2.33. The molecule has 2 rings (SSSR count). The maximum Gasteiger partial charge on any atom is 0.121 e. The Balaban J connectivity index is 2.33. The van der Waals surface area contributed by atoms with Gasteiger partial charge in [-0.2, -0.15) is 3.89 Å². The van der Waals surface area contributed by atoms with Crippen LogP contribution < -0.4 is 5.32 Å². The molecular weight excluding hydrogens is 192 g/mol. The highest BCUT2D eigenvalue weighted by atomic mass is 32.2. The Morgan fingerprint density at radius 2 is 2.31 bits per heavy atom. The first-order valence-electron chi connectivity index (χ1n) is 3.82.